The van der Waals surface area contributed by atoms with Gasteiger partial charge in [-0.15, -0.1) is 0 Å². The third kappa shape index (κ3) is 5.15. The summed E-state index contributed by atoms with van der Waals surface area (Å²) in [7, 11) is 0. The van der Waals surface area contributed by atoms with Gasteiger partial charge < -0.3 is 10.4 Å². The number of nitrogens with zero attached hydrogens (tertiary/aromatic N) is 1. The molecule has 0 aromatic heterocycles. The highest BCUT2D eigenvalue weighted by Gasteiger charge is 2.28. The Morgan fingerprint density at radius 2 is 1.80 bits per heavy atom. The Balaban J connectivity index is 1.48. The molecule has 1 heterocycles. The SMILES string of the molecule is O=C(CN1CCCC1CC(O)c1ccccc1)NCc1ccccc1. The maximum atomic E-state index is 12.3. The lowest BCUT2D eigenvalue weighted by Gasteiger charge is -2.26. The first-order valence-corrected chi connectivity index (χ1v) is 9.00. The molecule has 3 rings (SSSR count). The second-order valence-electron chi connectivity index (χ2n) is 6.69. The molecule has 1 aliphatic heterocycles. The van der Waals surface area contributed by atoms with Gasteiger partial charge in [0.15, 0.2) is 0 Å². The summed E-state index contributed by atoms with van der Waals surface area (Å²) >= 11 is 0. The van der Waals surface area contributed by atoms with E-state index >= 15 is 0 Å². The first kappa shape index (κ1) is 17.6. The second kappa shape index (κ2) is 8.79. The Bertz CT molecular complexity index is 660. The van der Waals surface area contributed by atoms with Crippen LogP contribution in [0.3, 0.4) is 0 Å². The zero-order valence-corrected chi connectivity index (χ0v) is 14.5. The fourth-order valence-electron chi connectivity index (χ4n) is 3.48. The smallest absolute Gasteiger partial charge is 0.234 e. The molecule has 0 aliphatic carbocycles. The molecule has 1 aliphatic rings. The van der Waals surface area contributed by atoms with E-state index in [0.717, 1.165) is 30.5 Å². The van der Waals surface area contributed by atoms with Crippen LogP contribution in [0.5, 0.6) is 0 Å². The second-order valence-corrected chi connectivity index (χ2v) is 6.69. The average Bonchev–Trinajstić information content (AvgIpc) is 3.08. The van der Waals surface area contributed by atoms with Gasteiger partial charge in [-0.1, -0.05) is 60.7 Å². The van der Waals surface area contributed by atoms with Crippen LogP contribution in [-0.2, 0) is 11.3 Å². The quantitative estimate of drug-likeness (QED) is 0.816. The van der Waals surface area contributed by atoms with Crippen molar-refractivity contribution in [2.75, 3.05) is 13.1 Å². The van der Waals surface area contributed by atoms with Crippen molar-refractivity contribution < 1.29 is 9.90 Å². The Labute approximate surface area is 149 Å². The number of hydrogen-bond donors (Lipinski definition) is 2. The molecule has 2 aromatic carbocycles. The Morgan fingerprint density at radius 1 is 1.12 bits per heavy atom. The van der Waals surface area contributed by atoms with Crippen LogP contribution in [-0.4, -0.2) is 35.0 Å². The highest BCUT2D eigenvalue weighted by atomic mass is 16.3. The summed E-state index contributed by atoms with van der Waals surface area (Å²) in [6, 6.07) is 20.0. The van der Waals surface area contributed by atoms with Crippen molar-refractivity contribution in [2.24, 2.45) is 0 Å². The Kier molecular flexibility index (Phi) is 6.20. The van der Waals surface area contributed by atoms with Gasteiger partial charge in [-0.05, 0) is 36.9 Å². The van der Waals surface area contributed by atoms with Gasteiger partial charge in [0.25, 0.3) is 0 Å². The summed E-state index contributed by atoms with van der Waals surface area (Å²) in [5.41, 5.74) is 2.05. The van der Waals surface area contributed by atoms with Crippen LogP contribution in [0.25, 0.3) is 0 Å². The predicted octanol–water partition coefficient (Wildman–Crippen LogP) is 2.89. The zero-order valence-electron chi connectivity index (χ0n) is 14.5. The Morgan fingerprint density at radius 3 is 2.52 bits per heavy atom. The van der Waals surface area contributed by atoms with Crippen LogP contribution in [0, 0.1) is 0 Å². The minimum atomic E-state index is -0.473. The standard InChI is InChI=1S/C21H26N2O2/c24-20(18-10-5-2-6-11-18)14-19-12-7-13-23(19)16-21(25)22-15-17-8-3-1-4-9-17/h1-6,8-11,19-20,24H,7,12-16H2,(H,22,25). The molecule has 4 heteroatoms. The number of likely N-dealkylation sites (tertiary alicyclic amines) is 1. The maximum absolute atomic E-state index is 12.3. The van der Waals surface area contributed by atoms with E-state index in [4.69, 9.17) is 0 Å². The van der Waals surface area contributed by atoms with Crippen LogP contribution in [0.4, 0.5) is 0 Å². The lowest BCUT2D eigenvalue weighted by atomic mass is 10.0. The minimum absolute atomic E-state index is 0.0463. The van der Waals surface area contributed by atoms with Gasteiger partial charge in [-0.3, -0.25) is 9.69 Å². The third-order valence-electron chi connectivity index (χ3n) is 4.86. The molecule has 0 saturated carbocycles. The van der Waals surface area contributed by atoms with Crippen molar-refractivity contribution in [1.82, 2.24) is 10.2 Å². The van der Waals surface area contributed by atoms with Crippen molar-refractivity contribution in [3.8, 4) is 0 Å². The molecule has 0 radical (unpaired) electrons. The van der Waals surface area contributed by atoms with Gasteiger partial charge in [0, 0.05) is 12.6 Å². The van der Waals surface area contributed by atoms with Crippen LogP contribution in [0.15, 0.2) is 60.7 Å². The summed E-state index contributed by atoms with van der Waals surface area (Å²) < 4.78 is 0. The molecule has 1 amide bonds. The molecule has 0 bridgehead atoms. The van der Waals surface area contributed by atoms with Gasteiger partial charge in [-0.25, -0.2) is 0 Å². The molecule has 2 atom stereocenters. The highest BCUT2D eigenvalue weighted by Crippen LogP contribution is 2.27. The van der Waals surface area contributed by atoms with E-state index in [0.29, 0.717) is 19.5 Å². The number of amides is 1. The molecule has 1 saturated heterocycles. The summed E-state index contributed by atoms with van der Waals surface area (Å²) in [5, 5.41) is 13.4. The molecule has 132 valence electrons. The third-order valence-corrected chi connectivity index (χ3v) is 4.86. The van der Waals surface area contributed by atoms with E-state index in [9.17, 15) is 9.90 Å². The molecule has 1 fully saturated rings. The van der Waals surface area contributed by atoms with Gasteiger partial charge in [0.1, 0.15) is 0 Å². The monoisotopic (exact) mass is 338 g/mol. The van der Waals surface area contributed by atoms with Crippen molar-refractivity contribution in [3.63, 3.8) is 0 Å². The van der Waals surface area contributed by atoms with Crippen molar-refractivity contribution >= 4 is 5.91 Å². The van der Waals surface area contributed by atoms with E-state index in [1.165, 1.54) is 0 Å². The lowest BCUT2D eigenvalue weighted by Crippen LogP contribution is -2.40. The summed E-state index contributed by atoms with van der Waals surface area (Å²) in [6.07, 6.45) is 2.32. The van der Waals surface area contributed by atoms with E-state index < -0.39 is 6.10 Å². The van der Waals surface area contributed by atoms with Crippen molar-refractivity contribution in [1.29, 1.82) is 0 Å². The highest BCUT2D eigenvalue weighted by molar-refractivity contribution is 5.78. The largest absolute Gasteiger partial charge is 0.388 e. The summed E-state index contributed by atoms with van der Waals surface area (Å²) in [5.74, 6) is 0.0463. The molecule has 0 spiro atoms. The fourth-order valence-corrected chi connectivity index (χ4v) is 3.48. The number of rotatable bonds is 7. The maximum Gasteiger partial charge on any atom is 0.234 e. The number of nitrogens with one attached hydrogen (secondary N) is 1. The summed E-state index contributed by atoms with van der Waals surface area (Å²) in [6.45, 7) is 1.88. The topological polar surface area (TPSA) is 52.6 Å². The number of carbonyl (C=O) groups excluding carboxylic acids is 1. The van der Waals surface area contributed by atoms with Crippen LogP contribution in [0.2, 0.25) is 0 Å². The van der Waals surface area contributed by atoms with Crippen LogP contribution in [0.1, 0.15) is 36.5 Å². The van der Waals surface area contributed by atoms with Crippen molar-refractivity contribution in [2.45, 2.75) is 38.0 Å². The van der Waals surface area contributed by atoms with Gasteiger partial charge in [-0.2, -0.15) is 0 Å². The van der Waals surface area contributed by atoms with E-state index in [1.807, 2.05) is 60.7 Å². The number of hydrogen-bond acceptors (Lipinski definition) is 3. The number of aliphatic hydroxyl groups excluding tert-OH is 1. The average molecular weight is 338 g/mol. The molecular formula is C21H26N2O2. The molecule has 4 nitrogen and oxygen atoms in total. The van der Waals surface area contributed by atoms with Gasteiger partial charge >= 0.3 is 0 Å². The molecular weight excluding hydrogens is 312 g/mol. The van der Waals surface area contributed by atoms with E-state index in [1.54, 1.807) is 0 Å². The molecule has 2 N–H and O–H groups in total. The predicted molar refractivity (Wildman–Crippen MR) is 98.9 cm³/mol. The fraction of sp³-hybridized carbons (Fsp3) is 0.381. The van der Waals surface area contributed by atoms with Crippen molar-refractivity contribution in [3.05, 3.63) is 71.8 Å². The van der Waals surface area contributed by atoms with E-state index in [2.05, 4.69) is 10.2 Å². The van der Waals surface area contributed by atoms with Gasteiger partial charge in [0.05, 0.1) is 12.6 Å². The molecule has 25 heavy (non-hydrogen) atoms. The molecule has 2 aromatic rings. The first-order valence-electron chi connectivity index (χ1n) is 9.00. The van der Waals surface area contributed by atoms with E-state index in [-0.39, 0.29) is 11.9 Å². The number of carbonyl (C=O) groups is 1. The van der Waals surface area contributed by atoms with Crippen LogP contribution >= 0.6 is 0 Å². The zero-order chi connectivity index (χ0) is 17.5. The summed E-state index contributed by atoms with van der Waals surface area (Å²) in [4.78, 5) is 14.5. The first-order chi connectivity index (χ1) is 12.2. The number of benzene rings is 2. The number of aliphatic hydroxyl groups is 1. The minimum Gasteiger partial charge on any atom is -0.388 e. The molecule has 2 unspecified atom stereocenters. The van der Waals surface area contributed by atoms with Gasteiger partial charge in [0.2, 0.25) is 5.91 Å². The van der Waals surface area contributed by atoms with Crippen LogP contribution < -0.4 is 5.32 Å². The Hall–Kier alpha value is -2.17. The normalized spacial score (nSPS) is 18.8. The lowest BCUT2D eigenvalue weighted by molar-refractivity contribution is -0.122.